The van der Waals surface area contributed by atoms with Gasteiger partial charge in [-0.25, -0.2) is 8.42 Å². The monoisotopic (exact) mass is 639 g/mol. The van der Waals surface area contributed by atoms with E-state index in [4.69, 9.17) is 23.2 Å². The molecule has 3 aromatic carbocycles. The van der Waals surface area contributed by atoms with Gasteiger partial charge in [0.1, 0.15) is 12.6 Å². The van der Waals surface area contributed by atoms with E-state index in [0.29, 0.717) is 6.54 Å². The number of hydrogen-bond donors (Lipinski definition) is 1. The SMILES string of the molecule is CCNC(=O)[C@H](Cc1ccccc1)N(Cc1ccc(Br)cc1)C(=O)CN(c1ccc(Cl)c(Cl)c1)S(C)(=O)=O. The molecule has 0 spiro atoms. The number of nitrogens with zero attached hydrogens (tertiary/aromatic N) is 2. The van der Waals surface area contributed by atoms with Gasteiger partial charge in [0.15, 0.2) is 0 Å². The third-order valence-corrected chi connectivity index (χ3v) is 8.17. The molecular formula is C27H28BrCl2N3O4S. The van der Waals surface area contributed by atoms with Gasteiger partial charge in [-0.15, -0.1) is 0 Å². The Morgan fingerprint density at radius 1 is 0.947 bits per heavy atom. The Kier molecular flexibility index (Phi) is 10.6. The molecule has 0 fully saturated rings. The Bertz CT molecular complexity index is 1370. The fraction of sp³-hybridized carbons (Fsp3) is 0.259. The number of rotatable bonds is 11. The molecule has 0 radical (unpaired) electrons. The molecule has 3 aromatic rings. The van der Waals surface area contributed by atoms with E-state index in [1.54, 1.807) is 6.92 Å². The van der Waals surface area contributed by atoms with Crippen LogP contribution in [0.5, 0.6) is 0 Å². The summed E-state index contributed by atoms with van der Waals surface area (Å²) in [7, 11) is -3.89. The molecule has 7 nitrogen and oxygen atoms in total. The van der Waals surface area contributed by atoms with Crippen molar-refractivity contribution in [2.75, 3.05) is 23.7 Å². The molecule has 0 heterocycles. The zero-order valence-electron chi connectivity index (χ0n) is 20.9. The van der Waals surface area contributed by atoms with Crippen LogP contribution in [-0.2, 0) is 32.6 Å². The number of anilines is 1. The maximum Gasteiger partial charge on any atom is 0.244 e. The first-order valence-electron chi connectivity index (χ1n) is 11.8. The van der Waals surface area contributed by atoms with Gasteiger partial charge in [0.25, 0.3) is 0 Å². The average Bonchev–Trinajstić information content (AvgIpc) is 2.87. The van der Waals surface area contributed by atoms with Crippen molar-refractivity contribution in [2.45, 2.75) is 25.9 Å². The topological polar surface area (TPSA) is 86.8 Å². The van der Waals surface area contributed by atoms with Gasteiger partial charge in [0, 0.05) is 24.0 Å². The summed E-state index contributed by atoms with van der Waals surface area (Å²) in [5, 5.41) is 3.23. The number of carbonyl (C=O) groups excluding carboxylic acids is 2. The summed E-state index contributed by atoms with van der Waals surface area (Å²) in [5.41, 5.74) is 1.84. The lowest BCUT2D eigenvalue weighted by Gasteiger charge is -2.33. The van der Waals surface area contributed by atoms with E-state index in [1.807, 2.05) is 54.6 Å². The van der Waals surface area contributed by atoms with Crippen LogP contribution in [0.25, 0.3) is 0 Å². The molecule has 1 N–H and O–H groups in total. The molecule has 0 aliphatic carbocycles. The van der Waals surface area contributed by atoms with Crippen molar-refractivity contribution in [1.29, 1.82) is 0 Å². The number of benzene rings is 3. The first-order valence-corrected chi connectivity index (χ1v) is 15.2. The lowest BCUT2D eigenvalue weighted by atomic mass is 10.0. The van der Waals surface area contributed by atoms with Gasteiger partial charge in [0.2, 0.25) is 21.8 Å². The molecule has 202 valence electrons. The van der Waals surface area contributed by atoms with E-state index < -0.39 is 28.5 Å². The second kappa shape index (κ2) is 13.5. The van der Waals surface area contributed by atoms with Crippen LogP contribution in [0.2, 0.25) is 10.0 Å². The van der Waals surface area contributed by atoms with Crippen molar-refractivity contribution in [3.8, 4) is 0 Å². The summed E-state index contributed by atoms with van der Waals surface area (Å²) in [6.07, 6.45) is 1.26. The first-order chi connectivity index (χ1) is 18.0. The molecule has 38 heavy (non-hydrogen) atoms. The van der Waals surface area contributed by atoms with Crippen LogP contribution >= 0.6 is 39.1 Å². The zero-order chi connectivity index (χ0) is 27.9. The van der Waals surface area contributed by atoms with Gasteiger partial charge < -0.3 is 10.2 Å². The van der Waals surface area contributed by atoms with Gasteiger partial charge >= 0.3 is 0 Å². The maximum absolute atomic E-state index is 13.9. The largest absolute Gasteiger partial charge is 0.355 e. The normalized spacial score (nSPS) is 12.0. The van der Waals surface area contributed by atoms with Crippen molar-refractivity contribution < 1.29 is 18.0 Å². The summed E-state index contributed by atoms with van der Waals surface area (Å²) < 4.78 is 27.4. The van der Waals surface area contributed by atoms with Crippen LogP contribution in [0.4, 0.5) is 5.69 Å². The second-order valence-electron chi connectivity index (χ2n) is 8.62. The maximum atomic E-state index is 13.9. The minimum Gasteiger partial charge on any atom is -0.355 e. The second-order valence-corrected chi connectivity index (χ2v) is 12.3. The van der Waals surface area contributed by atoms with E-state index >= 15 is 0 Å². The molecule has 0 unspecified atom stereocenters. The zero-order valence-corrected chi connectivity index (χ0v) is 24.8. The predicted octanol–water partition coefficient (Wildman–Crippen LogP) is 5.30. The van der Waals surface area contributed by atoms with E-state index in [0.717, 1.165) is 26.2 Å². The van der Waals surface area contributed by atoms with Crippen LogP contribution < -0.4 is 9.62 Å². The molecular weight excluding hydrogens is 613 g/mol. The number of halogens is 3. The van der Waals surface area contributed by atoms with Crippen LogP contribution in [0, 0.1) is 0 Å². The Hall–Kier alpha value is -2.59. The Morgan fingerprint density at radius 3 is 2.18 bits per heavy atom. The summed E-state index contributed by atoms with van der Waals surface area (Å²) in [4.78, 5) is 28.6. The Balaban J connectivity index is 2.04. The highest BCUT2D eigenvalue weighted by Crippen LogP contribution is 2.29. The molecule has 0 saturated heterocycles. The van der Waals surface area contributed by atoms with Gasteiger partial charge in [-0.1, -0.05) is 81.6 Å². The molecule has 2 amide bonds. The summed E-state index contributed by atoms with van der Waals surface area (Å²) in [6, 6.07) is 20.2. The minimum atomic E-state index is -3.89. The quantitative estimate of drug-likeness (QED) is 0.308. The smallest absolute Gasteiger partial charge is 0.244 e. The van der Waals surface area contributed by atoms with Crippen molar-refractivity contribution in [3.63, 3.8) is 0 Å². The average molecular weight is 641 g/mol. The van der Waals surface area contributed by atoms with E-state index in [-0.39, 0.29) is 34.6 Å². The van der Waals surface area contributed by atoms with Crippen LogP contribution in [-0.4, -0.2) is 50.5 Å². The van der Waals surface area contributed by atoms with E-state index in [9.17, 15) is 18.0 Å². The fourth-order valence-corrected chi connectivity index (χ4v) is 5.28. The van der Waals surface area contributed by atoms with Crippen LogP contribution in [0.3, 0.4) is 0 Å². The number of hydrogen-bond acceptors (Lipinski definition) is 4. The van der Waals surface area contributed by atoms with E-state index in [2.05, 4.69) is 21.2 Å². The first kappa shape index (κ1) is 30.0. The van der Waals surface area contributed by atoms with Gasteiger partial charge in [-0.05, 0) is 48.4 Å². The summed E-state index contributed by atoms with van der Waals surface area (Å²) in [6.45, 7) is 1.74. The summed E-state index contributed by atoms with van der Waals surface area (Å²) in [5.74, 6) is -0.876. The molecule has 0 aliphatic rings. The van der Waals surface area contributed by atoms with Gasteiger partial charge in [-0.2, -0.15) is 0 Å². The number of nitrogens with one attached hydrogen (secondary N) is 1. The van der Waals surface area contributed by atoms with Gasteiger partial charge in [0.05, 0.1) is 22.0 Å². The molecule has 0 aromatic heterocycles. The number of sulfonamides is 1. The van der Waals surface area contributed by atoms with Crippen molar-refractivity contribution in [1.82, 2.24) is 10.2 Å². The van der Waals surface area contributed by atoms with Gasteiger partial charge in [-0.3, -0.25) is 13.9 Å². The third kappa shape index (κ3) is 8.20. The fourth-order valence-electron chi connectivity index (χ4n) is 3.89. The predicted molar refractivity (Wildman–Crippen MR) is 156 cm³/mol. The Morgan fingerprint density at radius 2 is 1.61 bits per heavy atom. The molecule has 11 heteroatoms. The highest BCUT2D eigenvalue weighted by molar-refractivity contribution is 9.10. The standard InChI is InChI=1S/C27H28BrCl2N3O4S/c1-3-31-27(35)25(15-19-7-5-4-6-8-19)32(17-20-9-11-21(28)12-10-20)26(34)18-33(38(2,36)37)22-13-14-23(29)24(30)16-22/h4-14,16,25H,3,15,17-18H2,1-2H3,(H,31,35)/t25-/m0/s1. The summed E-state index contributed by atoms with van der Waals surface area (Å²) >= 11 is 15.6. The number of carbonyl (C=O) groups is 2. The van der Waals surface area contributed by atoms with Crippen LogP contribution in [0.15, 0.2) is 77.3 Å². The molecule has 0 saturated carbocycles. The minimum absolute atomic E-state index is 0.0969. The molecule has 1 atom stereocenters. The van der Waals surface area contributed by atoms with Crippen molar-refractivity contribution in [2.24, 2.45) is 0 Å². The van der Waals surface area contributed by atoms with E-state index in [1.165, 1.54) is 23.1 Å². The van der Waals surface area contributed by atoms with Crippen molar-refractivity contribution >= 4 is 66.7 Å². The lowest BCUT2D eigenvalue weighted by Crippen LogP contribution is -2.53. The third-order valence-electron chi connectivity index (χ3n) is 5.76. The lowest BCUT2D eigenvalue weighted by molar-refractivity contribution is -0.140. The molecule has 3 rings (SSSR count). The Labute approximate surface area is 241 Å². The van der Waals surface area contributed by atoms with Crippen LogP contribution in [0.1, 0.15) is 18.1 Å². The molecule has 0 bridgehead atoms. The number of amides is 2. The number of likely N-dealkylation sites (N-methyl/N-ethyl adjacent to an activating group) is 1. The van der Waals surface area contributed by atoms with Crippen molar-refractivity contribution in [3.05, 3.63) is 98.4 Å². The highest BCUT2D eigenvalue weighted by Gasteiger charge is 2.33. The molecule has 0 aliphatic heterocycles. The highest BCUT2D eigenvalue weighted by atomic mass is 79.9.